The summed E-state index contributed by atoms with van der Waals surface area (Å²) < 4.78 is 19.3. The molecular formula is C12H7FN4O4. The van der Waals surface area contributed by atoms with Crippen molar-refractivity contribution in [2.24, 2.45) is 0 Å². The molecule has 0 saturated heterocycles. The third-order valence-corrected chi connectivity index (χ3v) is 2.67. The molecule has 0 aliphatic heterocycles. The number of esters is 1. The van der Waals surface area contributed by atoms with E-state index in [1.54, 1.807) is 6.07 Å². The first-order valence-corrected chi connectivity index (χ1v) is 5.49. The van der Waals surface area contributed by atoms with E-state index < -0.39 is 28.0 Å². The number of nitrogens with zero attached hydrogens (tertiary/aromatic N) is 4. The number of nitro groups is 1. The molecule has 1 heterocycles. The number of nitro benzene ring substituents is 1. The Morgan fingerprint density at radius 1 is 1.57 bits per heavy atom. The number of ether oxygens (including phenoxy) is 1. The summed E-state index contributed by atoms with van der Waals surface area (Å²) in [6.45, 7) is 0. The minimum atomic E-state index is -1.09. The molecule has 0 aliphatic rings. The smallest absolute Gasteiger partial charge is 0.340 e. The van der Waals surface area contributed by atoms with Gasteiger partial charge in [0, 0.05) is 12.4 Å². The molecule has 0 aliphatic carbocycles. The number of halogens is 1. The number of benzene rings is 1. The SMILES string of the molecule is COC(=O)c1cc(-n2ccnc2C#N)c([N+](=O)[O-])cc1F. The molecule has 0 bridgehead atoms. The van der Waals surface area contributed by atoms with Gasteiger partial charge in [-0.05, 0) is 6.07 Å². The molecule has 0 atom stereocenters. The van der Waals surface area contributed by atoms with Crippen LogP contribution in [0.3, 0.4) is 0 Å². The first-order chi connectivity index (χ1) is 9.99. The molecule has 9 heteroatoms. The summed E-state index contributed by atoms with van der Waals surface area (Å²) >= 11 is 0. The summed E-state index contributed by atoms with van der Waals surface area (Å²) in [5.74, 6) is -2.21. The Morgan fingerprint density at radius 3 is 2.86 bits per heavy atom. The number of carbonyl (C=O) groups excluding carboxylic acids is 1. The summed E-state index contributed by atoms with van der Waals surface area (Å²) in [5, 5.41) is 19.9. The lowest BCUT2D eigenvalue weighted by atomic mass is 10.1. The van der Waals surface area contributed by atoms with Gasteiger partial charge in [0.2, 0.25) is 5.82 Å². The highest BCUT2D eigenvalue weighted by Crippen LogP contribution is 2.27. The van der Waals surface area contributed by atoms with Crippen molar-refractivity contribution in [3.05, 3.63) is 51.8 Å². The van der Waals surface area contributed by atoms with Crippen LogP contribution < -0.4 is 0 Å². The highest BCUT2D eigenvalue weighted by molar-refractivity contribution is 5.91. The summed E-state index contributed by atoms with van der Waals surface area (Å²) in [7, 11) is 1.06. The number of nitriles is 1. The molecule has 0 saturated carbocycles. The van der Waals surface area contributed by atoms with E-state index in [9.17, 15) is 19.3 Å². The molecule has 0 radical (unpaired) electrons. The fourth-order valence-electron chi connectivity index (χ4n) is 1.74. The summed E-state index contributed by atoms with van der Waals surface area (Å²) in [6, 6.07) is 3.28. The zero-order valence-corrected chi connectivity index (χ0v) is 10.6. The quantitative estimate of drug-likeness (QED) is 0.482. The van der Waals surface area contributed by atoms with E-state index in [0.29, 0.717) is 6.07 Å². The summed E-state index contributed by atoms with van der Waals surface area (Å²) in [5.41, 5.74) is -1.24. The van der Waals surface area contributed by atoms with Gasteiger partial charge in [0.25, 0.3) is 5.69 Å². The Morgan fingerprint density at radius 2 is 2.29 bits per heavy atom. The van der Waals surface area contributed by atoms with Crippen molar-refractivity contribution in [3.8, 4) is 11.8 Å². The van der Waals surface area contributed by atoms with Crippen LogP contribution >= 0.6 is 0 Å². The molecular weight excluding hydrogens is 283 g/mol. The predicted molar refractivity (Wildman–Crippen MR) is 66.2 cm³/mol. The molecule has 0 unspecified atom stereocenters. The minimum Gasteiger partial charge on any atom is -0.465 e. The van der Waals surface area contributed by atoms with Gasteiger partial charge in [-0.25, -0.2) is 14.2 Å². The number of imidazole rings is 1. The van der Waals surface area contributed by atoms with Gasteiger partial charge in [0.1, 0.15) is 17.6 Å². The number of rotatable bonds is 3. The van der Waals surface area contributed by atoms with Crippen LogP contribution in [-0.2, 0) is 4.74 Å². The van der Waals surface area contributed by atoms with Crippen LogP contribution in [0.25, 0.3) is 5.69 Å². The Bertz CT molecular complexity index is 778. The van der Waals surface area contributed by atoms with Gasteiger partial charge in [0.15, 0.2) is 0 Å². The maximum atomic E-state index is 13.8. The maximum Gasteiger partial charge on any atom is 0.340 e. The first kappa shape index (κ1) is 14.1. The van der Waals surface area contributed by atoms with Gasteiger partial charge in [-0.1, -0.05) is 0 Å². The molecule has 8 nitrogen and oxygen atoms in total. The average Bonchev–Trinajstić information content (AvgIpc) is 2.94. The molecule has 1 aromatic heterocycles. The Hall–Kier alpha value is -3.28. The topological polar surface area (TPSA) is 111 Å². The maximum absolute atomic E-state index is 13.8. The molecule has 1 aromatic carbocycles. The lowest BCUT2D eigenvalue weighted by Crippen LogP contribution is -2.09. The molecule has 106 valence electrons. The average molecular weight is 290 g/mol. The van der Waals surface area contributed by atoms with Crippen LogP contribution in [0.1, 0.15) is 16.2 Å². The van der Waals surface area contributed by atoms with E-state index >= 15 is 0 Å². The van der Waals surface area contributed by atoms with Crippen LogP contribution in [0.15, 0.2) is 24.5 Å². The number of hydrogen-bond donors (Lipinski definition) is 0. The van der Waals surface area contributed by atoms with E-state index in [1.165, 1.54) is 12.4 Å². The second kappa shape index (κ2) is 5.38. The molecule has 0 fully saturated rings. The first-order valence-electron chi connectivity index (χ1n) is 5.49. The van der Waals surface area contributed by atoms with Crippen LogP contribution in [0.4, 0.5) is 10.1 Å². The van der Waals surface area contributed by atoms with Crippen LogP contribution in [-0.4, -0.2) is 27.6 Å². The van der Waals surface area contributed by atoms with Crippen LogP contribution in [0.2, 0.25) is 0 Å². The van der Waals surface area contributed by atoms with Gasteiger partial charge < -0.3 is 4.74 Å². The summed E-state index contributed by atoms with van der Waals surface area (Å²) in [6.07, 6.45) is 2.54. The lowest BCUT2D eigenvalue weighted by Gasteiger charge is -2.08. The Labute approximate surface area is 117 Å². The second-order valence-corrected chi connectivity index (χ2v) is 3.80. The van der Waals surface area contributed by atoms with Gasteiger partial charge in [-0.2, -0.15) is 5.26 Å². The fraction of sp³-hybridized carbons (Fsp3) is 0.0833. The minimum absolute atomic E-state index is 0.138. The van der Waals surface area contributed by atoms with Gasteiger partial charge >= 0.3 is 5.97 Å². The number of aromatic nitrogens is 2. The van der Waals surface area contributed by atoms with Crippen molar-refractivity contribution in [1.29, 1.82) is 5.26 Å². The lowest BCUT2D eigenvalue weighted by molar-refractivity contribution is -0.384. The van der Waals surface area contributed by atoms with E-state index in [4.69, 9.17) is 5.26 Å². The van der Waals surface area contributed by atoms with Gasteiger partial charge in [-0.15, -0.1) is 0 Å². The molecule has 0 amide bonds. The third-order valence-electron chi connectivity index (χ3n) is 2.67. The van der Waals surface area contributed by atoms with Crippen molar-refractivity contribution >= 4 is 11.7 Å². The van der Waals surface area contributed by atoms with Crippen molar-refractivity contribution in [3.63, 3.8) is 0 Å². The Kier molecular flexibility index (Phi) is 3.62. The highest BCUT2D eigenvalue weighted by Gasteiger charge is 2.24. The molecule has 2 aromatic rings. The highest BCUT2D eigenvalue weighted by atomic mass is 19.1. The number of hydrogen-bond acceptors (Lipinski definition) is 6. The molecule has 0 N–H and O–H groups in total. The van der Waals surface area contributed by atoms with Crippen molar-refractivity contribution < 1.29 is 18.8 Å². The largest absolute Gasteiger partial charge is 0.465 e. The molecule has 21 heavy (non-hydrogen) atoms. The normalized spacial score (nSPS) is 9.95. The van der Waals surface area contributed by atoms with Gasteiger partial charge in [-0.3, -0.25) is 14.7 Å². The summed E-state index contributed by atoms with van der Waals surface area (Å²) in [4.78, 5) is 25.4. The van der Waals surface area contributed by atoms with Gasteiger partial charge in [0.05, 0.1) is 23.7 Å². The van der Waals surface area contributed by atoms with E-state index in [2.05, 4.69) is 9.72 Å². The van der Waals surface area contributed by atoms with Crippen LogP contribution in [0.5, 0.6) is 0 Å². The monoisotopic (exact) mass is 290 g/mol. The fourth-order valence-corrected chi connectivity index (χ4v) is 1.74. The third kappa shape index (κ3) is 2.42. The standard InChI is InChI=1S/C12H7FN4O4/c1-21-12(18)7-4-9(10(17(19)20)5-8(7)13)16-3-2-15-11(16)6-14/h2-5H,1H3. The van der Waals surface area contributed by atoms with E-state index in [0.717, 1.165) is 17.7 Å². The number of methoxy groups -OCH3 is 1. The second-order valence-electron chi connectivity index (χ2n) is 3.80. The zero-order valence-electron chi connectivity index (χ0n) is 10.6. The van der Waals surface area contributed by atoms with Crippen molar-refractivity contribution in [1.82, 2.24) is 9.55 Å². The van der Waals surface area contributed by atoms with E-state index in [-0.39, 0.29) is 11.5 Å². The van der Waals surface area contributed by atoms with Crippen molar-refractivity contribution in [2.45, 2.75) is 0 Å². The van der Waals surface area contributed by atoms with Crippen molar-refractivity contribution in [2.75, 3.05) is 7.11 Å². The number of carbonyl (C=O) groups is 1. The zero-order chi connectivity index (χ0) is 15.6. The predicted octanol–water partition coefficient (Wildman–Crippen LogP) is 1.58. The molecule has 0 spiro atoms. The molecule has 2 rings (SSSR count). The van der Waals surface area contributed by atoms with E-state index in [1.807, 2.05) is 0 Å². The Balaban J connectivity index is 2.76. The van der Waals surface area contributed by atoms with Crippen LogP contribution in [0, 0.1) is 27.3 Å².